The second-order valence-electron chi connectivity index (χ2n) is 11.4. The molecule has 4 amide bonds. The van der Waals surface area contributed by atoms with Crippen molar-refractivity contribution in [2.24, 2.45) is 0 Å². The largest absolute Gasteiger partial charge is 0.328 e. The van der Waals surface area contributed by atoms with Crippen LogP contribution >= 0.6 is 0 Å². The zero-order chi connectivity index (χ0) is 33.9. The molecule has 240 valence electrons. The second-order valence-corrected chi connectivity index (χ2v) is 11.4. The summed E-state index contributed by atoms with van der Waals surface area (Å²) in [5, 5.41) is 39.2. The lowest BCUT2D eigenvalue weighted by Gasteiger charge is -2.37. The molecular weight excluding hydrogens is 596 g/mol. The Morgan fingerprint density at radius 1 is 0.689 bits per heavy atom. The molecule has 0 radical (unpaired) electrons. The van der Waals surface area contributed by atoms with Gasteiger partial charge >= 0.3 is 0 Å². The number of nitrogens with one attached hydrogen (secondary N) is 1. The number of carbonyl (C=O) groups is 4. The van der Waals surface area contributed by atoms with E-state index >= 15 is 0 Å². The fourth-order valence-corrected chi connectivity index (χ4v) is 5.37. The predicted molar refractivity (Wildman–Crippen MR) is 155 cm³/mol. The van der Waals surface area contributed by atoms with Crippen LogP contribution in [0.1, 0.15) is 72.4 Å². The van der Waals surface area contributed by atoms with Gasteiger partial charge in [0.25, 0.3) is 28.3 Å². The van der Waals surface area contributed by atoms with Crippen LogP contribution in [0.4, 0.5) is 11.4 Å². The number of fused-ring (bicyclic) bond motifs is 2. The van der Waals surface area contributed by atoms with Crippen LogP contribution in [0.15, 0.2) is 36.4 Å². The molecule has 2 N–H and O–H groups in total. The number of hydrogen-bond donors (Lipinski definition) is 2. The smallest absolute Gasteiger partial charge is 0.291 e. The first-order valence-corrected chi connectivity index (χ1v) is 13.8. The minimum Gasteiger partial charge on any atom is -0.328 e. The maximum absolute atomic E-state index is 13.1. The van der Waals surface area contributed by atoms with Crippen LogP contribution in [-0.2, 0) is 20.4 Å². The molecule has 0 saturated carbocycles. The average Bonchev–Trinajstić information content (AvgIpc) is 2.97. The molecule has 0 fully saturated rings. The van der Waals surface area contributed by atoms with Gasteiger partial charge in [-0.05, 0) is 64.8 Å². The minimum atomic E-state index is -1.50. The van der Waals surface area contributed by atoms with Crippen LogP contribution in [0, 0.1) is 30.3 Å². The van der Waals surface area contributed by atoms with Gasteiger partial charge in [0, 0.05) is 37.4 Å². The molecule has 45 heavy (non-hydrogen) atoms. The molecule has 0 aromatic heterocycles. The fraction of sp³-hybridized carbons (Fsp3) is 0.429. The number of rotatable bonds is 10. The Bertz CT molecular complexity index is 1470. The molecule has 2 aliphatic heterocycles. The molecule has 0 unspecified atom stereocenters. The van der Waals surface area contributed by atoms with Crippen molar-refractivity contribution in [3.8, 4) is 0 Å². The van der Waals surface area contributed by atoms with Gasteiger partial charge in [0.15, 0.2) is 0 Å². The number of nitrogens with zero attached hydrogens (tertiary/aromatic N) is 5. The summed E-state index contributed by atoms with van der Waals surface area (Å²) in [6, 6.07) is 7.91. The lowest BCUT2D eigenvalue weighted by atomic mass is 9.77. The van der Waals surface area contributed by atoms with E-state index in [4.69, 9.17) is 15.3 Å². The molecule has 2 aromatic carbocycles. The normalized spacial score (nSPS) is 16.4. The van der Waals surface area contributed by atoms with Crippen molar-refractivity contribution >= 4 is 35.0 Å². The van der Waals surface area contributed by atoms with E-state index in [1.54, 1.807) is 27.7 Å². The lowest BCUT2D eigenvalue weighted by molar-refractivity contribution is -0.742. The molecule has 2 heterocycles. The van der Waals surface area contributed by atoms with Crippen LogP contribution < -0.4 is 5.32 Å². The van der Waals surface area contributed by atoms with Crippen molar-refractivity contribution in [2.75, 3.05) is 26.2 Å². The van der Waals surface area contributed by atoms with Crippen LogP contribution in [0.3, 0.4) is 0 Å². The quantitative estimate of drug-likeness (QED) is 0.167. The summed E-state index contributed by atoms with van der Waals surface area (Å²) < 4.78 is 0. The zero-order valence-corrected chi connectivity index (χ0v) is 25.0. The van der Waals surface area contributed by atoms with Crippen molar-refractivity contribution < 1.29 is 39.3 Å². The maximum atomic E-state index is 13.1. The van der Waals surface area contributed by atoms with Gasteiger partial charge in [0.05, 0.1) is 31.8 Å². The van der Waals surface area contributed by atoms with Crippen LogP contribution in [-0.4, -0.2) is 79.7 Å². The summed E-state index contributed by atoms with van der Waals surface area (Å²) in [6.45, 7) is 7.81. The van der Waals surface area contributed by atoms with E-state index in [0.717, 1.165) is 9.80 Å². The SMILES string of the molecule is CC1(C)C(=O)N(CCCNCCCN2C(=O)c3cc([N+](=O)[O-])ccc3C(C)(C)C2=O)C(=O)c2cc([N+](=O)[O-])ccc21.O=[N+]([O-])O. The Morgan fingerprint density at radius 3 is 1.33 bits per heavy atom. The maximum Gasteiger partial charge on any atom is 0.291 e. The van der Waals surface area contributed by atoms with E-state index < -0.39 is 37.6 Å². The Hall–Kier alpha value is -5.32. The van der Waals surface area contributed by atoms with Gasteiger partial charge < -0.3 is 10.5 Å². The third-order valence-electron chi connectivity index (χ3n) is 7.76. The molecule has 0 atom stereocenters. The highest BCUT2D eigenvalue weighted by atomic mass is 16.9. The summed E-state index contributed by atoms with van der Waals surface area (Å²) in [5.74, 6) is -1.90. The number of benzene rings is 2. The number of hydrogen-bond acceptors (Lipinski definition) is 11. The van der Waals surface area contributed by atoms with Gasteiger partial charge in [-0.1, -0.05) is 12.1 Å². The van der Waals surface area contributed by atoms with E-state index in [2.05, 4.69) is 5.32 Å². The van der Waals surface area contributed by atoms with Gasteiger partial charge in [0.1, 0.15) is 0 Å². The highest BCUT2D eigenvalue weighted by molar-refractivity contribution is 6.14. The average molecular weight is 629 g/mol. The second kappa shape index (κ2) is 13.1. The Kier molecular flexibility index (Phi) is 9.97. The molecule has 0 bridgehead atoms. The molecule has 0 saturated heterocycles. The topological polar surface area (TPSA) is 236 Å². The highest BCUT2D eigenvalue weighted by Gasteiger charge is 2.46. The van der Waals surface area contributed by atoms with Gasteiger partial charge in [-0.3, -0.25) is 49.2 Å². The number of imide groups is 2. The number of nitro benzene ring substituents is 2. The zero-order valence-electron chi connectivity index (χ0n) is 25.0. The van der Waals surface area contributed by atoms with Crippen molar-refractivity contribution in [2.45, 2.75) is 51.4 Å². The molecule has 17 nitrogen and oxygen atoms in total. The molecule has 17 heteroatoms. The Morgan fingerprint density at radius 2 is 1.02 bits per heavy atom. The fourth-order valence-electron chi connectivity index (χ4n) is 5.37. The Balaban J connectivity index is 0.00000130. The van der Waals surface area contributed by atoms with Gasteiger partial charge in [0.2, 0.25) is 11.8 Å². The number of non-ortho nitro benzene ring substituents is 2. The van der Waals surface area contributed by atoms with Gasteiger partial charge in [-0.25, -0.2) is 0 Å². The Labute approximate surface area is 256 Å². The first kappa shape index (κ1) is 34.2. The number of amides is 4. The summed E-state index contributed by atoms with van der Waals surface area (Å²) in [5.41, 5.74) is -1.30. The summed E-state index contributed by atoms with van der Waals surface area (Å²) >= 11 is 0. The van der Waals surface area contributed by atoms with E-state index in [9.17, 15) is 39.4 Å². The monoisotopic (exact) mass is 628 g/mol. The van der Waals surface area contributed by atoms with Gasteiger partial charge in [-0.15, -0.1) is 10.1 Å². The third kappa shape index (κ3) is 6.93. The van der Waals surface area contributed by atoms with Crippen LogP contribution in [0.5, 0.6) is 0 Å². The lowest BCUT2D eigenvalue weighted by Crippen LogP contribution is -2.52. The first-order chi connectivity index (χ1) is 20.9. The molecule has 2 aromatic rings. The van der Waals surface area contributed by atoms with E-state index in [0.29, 0.717) is 37.1 Å². The summed E-state index contributed by atoms with van der Waals surface area (Å²) in [7, 11) is 0. The first-order valence-electron chi connectivity index (χ1n) is 13.8. The van der Waals surface area contributed by atoms with E-state index in [1.807, 2.05) is 0 Å². The molecule has 0 spiro atoms. The highest BCUT2D eigenvalue weighted by Crippen LogP contribution is 2.37. The molecular formula is C28H32N6O11. The number of nitro groups is 2. The standard InChI is InChI=1S/C28H31N5O8.HNO3/c1-27(2)21-9-7-17(32(38)39)15-19(21)23(34)30(25(27)36)13-5-11-29-12-6-14-31-24(35)20-16-18(33(40)41)8-10-22(20)28(3,4)26(31)37;2-1(3)4/h7-10,15-16,29H,5-6,11-14H2,1-4H3;(H,2,3,4). The van der Waals surface area contributed by atoms with E-state index in [-0.39, 0.29) is 47.4 Å². The van der Waals surface area contributed by atoms with Gasteiger partial charge in [-0.2, -0.15) is 0 Å². The van der Waals surface area contributed by atoms with Crippen molar-refractivity contribution in [1.82, 2.24) is 15.1 Å². The third-order valence-corrected chi connectivity index (χ3v) is 7.76. The van der Waals surface area contributed by atoms with E-state index in [1.165, 1.54) is 36.4 Å². The van der Waals surface area contributed by atoms with Crippen molar-refractivity contribution in [3.63, 3.8) is 0 Å². The molecule has 0 aliphatic carbocycles. The van der Waals surface area contributed by atoms with Crippen molar-refractivity contribution in [1.29, 1.82) is 0 Å². The molecule has 4 rings (SSSR count). The van der Waals surface area contributed by atoms with Crippen LogP contribution in [0.2, 0.25) is 0 Å². The molecule has 2 aliphatic rings. The predicted octanol–water partition coefficient (Wildman–Crippen LogP) is 2.75. The minimum absolute atomic E-state index is 0.114. The summed E-state index contributed by atoms with van der Waals surface area (Å²) in [4.78, 5) is 84.1. The summed E-state index contributed by atoms with van der Waals surface area (Å²) in [6.07, 6.45) is 0.840. The van der Waals surface area contributed by atoms with Crippen molar-refractivity contribution in [3.05, 3.63) is 89.0 Å². The van der Waals surface area contributed by atoms with Crippen LogP contribution in [0.25, 0.3) is 0 Å². The number of carbonyl (C=O) groups excluding carboxylic acids is 4.